The third-order valence-corrected chi connectivity index (χ3v) is 5.59. The van der Waals surface area contributed by atoms with Crippen molar-refractivity contribution >= 4 is 45.5 Å². The molecular formula is C17H32N4O4S2. The first-order chi connectivity index (χ1) is 13.0. The Kier molecular flexibility index (Phi) is 17.0. The number of unbranched alkanes of at least 4 members (excludes halogenated alkanes) is 4. The van der Waals surface area contributed by atoms with Crippen LogP contribution >= 0.6 is 21.6 Å². The quantitative estimate of drug-likeness (QED) is 0.254. The van der Waals surface area contributed by atoms with E-state index in [1.165, 1.54) is 21.6 Å². The molecule has 0 unspecified atom stereocenters. The van der Waals surface area contributed by atoms with Gasteiger partial charge in [-0.3, -0.25) is 20.2 Å². The monoisotopic (exact) mass is 420 g/mol. The summed E-state index contributed by atoms with van der Waals surface area (Å²) in [6.45, 7) is 5.26. The van der Waals surface area contributed by atoms with Crippen LogP contribution in [-0.2, 0) is 9.59 Å². The van der Waals surface area contributed by atoms with Gasteiger partial charge in [0, 0.05) is 25.3 Å². The normalized spacial score (nSPS) is 10.1. The Morgan fingerprint density at radius 3 is 1.74 bits per heavy atom. The summed E-state index contributed by atoms with van der Waals surface area (Å²) in [5.41, 5.74) is 0. The molecule has 4 N–H and O–H groups in total. The van der Waals surface area contributed by atoms with Gasteiger partial charge in [-0.1, -0.05) is 61.1 Å². The number of carbonyl (C=O) groups is 4. The Hall–Kier alpha value is -1.42. The maximum atomic E-state index is 11.6. The lowest BCUT2D eigenvalue weighted by atomic mass is 10.2. The van der Waals surface area contributed by atoms with Crippen LogP contribution in [0, 0.1) is 0 Å². The number of urea groups is 2. The molecule has 0 aromatic carbocycles. The zero-order valence-corrected chi connectivity index (χ0v) is 17.9. The number of carbonyl (C=O) groups excluding carboxylic acids is 4. The Bertz CT molecular complexity index is 424. The fourth-order valence-corrected chi connectivity index (χ4v) is 3.71. The summed E-state index contributed by atoms with van der Waals surface area (Å²) in [4.78, 5) is 46.1. The molecule has 0 aromatic rings. The van der Waals surface area contributed by atoms with Crippen LogP contribution in [0.4, 0.5) is 9.59 Å². The van der Waals surface area contributed by atoms with Gasteiger partial charge in [-0.2, -0.15) is 0 Å². The van der Waals surface area contributed by atoms with E-state index < -0.39 is 12.1 Å². The average Bonchev–Trinajstić information content (AvgIpc) is 2.62. The number of hydrogen-bond acceptors (Lipinski definition) is 6. The predicted molar refractivity (Wildman–Crippen MR) is 112 cm³/mol. The van der Waals surface area contributed by atoms with E-state index >= 15 is 0 Å². The van der Waals surface area contributed by atoms with Crippen molar-refractivity contribution in [2.24, 2.45) is 0 Å². The van der Waals surface area contributed by atoms with Gasteiger partial charge in [0.2, 0.25) is 11.8 Å². The molecule has 0 aliphatic rings. The summed E-state index contributed by atoms with van der Waals surface area (Å²) in [5, 5.41) is 9.78. The fourth-order valence-electron chi connectivity index (χ4n) is 1.88. The van der Waals surface area contributed by atoms with Gasteiger partial charge >= 0.3 is 12.1 Å². The molecule has 0 bridgehead atoms. The largest absolute Gasteiger partial charge is 0.338 e. The van der Waals surface area contributed by atoms with Crippen LogP contribution in [0.3, 0.4) is 0 Å². The molecule has 0 fully saturated rings. The van der Waals surface area contributed by atoms with Crippen LogP contribution in [0.5, 0.6) is 0 Å². The number of nitrogens with one attached hydrogen (secondary N) is 4. The molecule has 0 aromatic heterocycles. The molecule has 0 spiro atoms. The Balaban J connectivity index is 3.60. The molecule has 0 aliphatic carbocycles. The van der Waals surface area contributed by atoms with Gasteiger partial charge in [0.1, 0.15) is 0 Å². The summed E-state index contributed by atoms with van der Waals surface area (Å²) in [6.07, 6.45) is 6.17. The molecule has 0 saturated carbocycles. The van der Waals surface area contributed by atoms with Crippen molar-refractivity contribution in [1.29, 1.82) is 0 Å². The number of imide groups is 2. The molecule has 27 heavy (non-hydrogen) atoms. The fraction of sp³-hybridized carbons (Fsp3) is 0.765. The molecule has 0 radical (unpaired) electrons. The van der Waals surface area contributed by atoms with E-state index in [1.807, 2.05) is 0 Å². The molecule has 10 heteroatoms. The highest BCUT2D eigenvalue weighted by atomic mass is 33.1. The minimum Gasteiger partial charge on any atom is -0.338 e. The predicted octanol–water partition coefficient (Wildman–Crippen LogP) is 2.79. The summed E-state index contributed by atoms with van der Waals surface area (Å²) in [6, 6.07) is -0.955. The van der Waals surface area contributed by atoms with Crippen LogP contribution < -0.4 is 21.3 Å². The first-order valence-electron chi connectivity index (χ1n) is 9.39. The van der Waals surface area contributed by atoms with E-state index in [9.17, 15) is 19.2 Å². The van der Waals surface area contributed by atoms with Crippen LogP contribution in [0.25, 0.3) is 0 Å². The van der Waals surface area contributed by atoms with Gasteiger partial charge in [-0.15, -0.1) is 0 Å². The smallest absolute Gasteiger partial charge is 0.321 e. The molecule has 156 valence electrons. The van der Waals surface area contributed by atoms with E-state index in [0.29, 0.717) is 18.8 Å². The second-order valence-corrected chi connectivity index (χ2v) is 8.44. The van der Waals surface area contributed by atoms with E-state index in [0.717, 1.165) is 38.5 Å². The van der Waals surface area contributed by atoms with Crippen LogP contribution in [0.15, 0.2) is 0 Å². The first-order valence-corrected chi connectivity index (χ1v) is 11.9. The Morgan fingerprint density at radius 2 is 1.22 bits per heavy atom. The zero-order valence-electron chi connectivity index (χ0n) is 16.2. The average molecular weight is 421 g/mol. The molecular weight excluding hydrogens is 388 g/mol. The third-order valence-electron chi connectivity index (χ3n) is 3.32. The van der Waals surface area contributed by atoms with Gasteiger partial charge < -0.3 is 10.6 Å². The lowest BCUT2D eigenvalue weighted by Gasteiger charge is -2.07. The minimum atomic E-state index is -0.481. The van der Waals surface area contributed by atoms with Crippen LogP contribution in [0.1, 0.15) is 58.8 Å². The van der Waals surface area contributed by atoms with Gasteiger partial charge in [0.15, 0.2) is 0 Å². The Labute approximate surface area is 169 Å². The first kappa shape index (κ1) is 25.6. The van der Waals surface area contributed by atoms with Crippen LogP contribution in [-0.4, -0.2) is 48.5 Å². The molecule has 0 atom stereocenters. The van der Waals surface area contributed by atoms with Gasteiger partial charge in [0.05, 0.1) is 5.75 Å². The lowest BCUT2D eigenvalue weighted by Crippen LogP contribution is -2.40. The summed E-state index contributed by atoms with van der Waals surface area (Å²) in [5.74, 6) is -0.147. The van der Waals surface area contributed by atoms with Crippen molar-refractivity contribution in [2.45, 2.75) is 58.8 Å². The molecule has 8 nitrogen and oxygen atoms in total. The number of hydrogen-bond donors (Lipinski definition) is 4. The summed E-state index contributed by atoms with van der Waals surface area (Å²) in [7, 11) is 2.60. The summed E-state index contributed by atoms with van der Waals surface area (Å²) < 4.78 is 0. The van der Waals surface area contributed by atoms with Crippen molar-refractivity contribution in [3.63, 3.8) is 0 Å². The Morgan fingerprint density at radius 1 is 0.704 bits per heavy atom. The second kappa shape index (κ2) is 18.0. The highest BCUT2D eigenvalue weighted by molar-refractivity contribution is 8.76. The standard InChI is InChI=1S/C17H32N4O4S2/c1-3-5-7-10-18-16(24)20-14(22)9-12-26-27-13-15(23)21-17(25)19-11-8-6-4-2/h3-13H2,1-2H3,(H2,18,20,22,24)(H2,19,21,23,25). The highest BCUT2D eigenvalue weighted by Crippen LogP contribution is 2.21. The molecule has 0 saturated heterocycles. The van der Waals surface area contributed by atoms with Gasteiger partial charge in [0.25, 0.3) is 0 Å². The van der Waals surface area contributed by atoms with Gasteiger partial charge in [-0.25, -0.2) is 9.59 Å². The van der Waals surface area contributed by atoms with Crippen molar-refractivity contribution in [1.82, 2.24) is 21.3 Å². The van der Waals surface area contributed by atoms with Crippen molar-refractivity contribution in [3.8, 4) is 0 Å². The van der Waals surface area contributed by atoms with Gasteiger partial charge in [-0.05, 0) is 12.8 Å². The number of amides is 6. The van der Waals surface area contributed by atoms with Crippen LogP contribution in [0.2, 0.25) is 0 Å². The number of rotatable bonds is 14. The highest BCUT2D eigenvalue weighted by Gasteiger charge is 2.09. The maximum absolute atomic E-state index is 11.6. The molecule has 0 aliphatic heterocycles. The summed E-state index contributed by atoms with van der Waals surface area (Å²) >= 11 is 0. The molecule has 0 heterocycles. The van der Waals surface area contributed by atoms with Crippen molar-refractivity contribution < 1.29 is 19.2 Å². The maximum Gasteiger partial charge on any atom is 0.321 e. The van der Waals surface area contributed by atoms with E-state index in [1.54, 1.807) is 0 Å². The third kappa shape index (κ3) is 17.7. The second-order valence-electron chi connectivity index (χ2n) is 5.86. The molecule has 6 amide bonds. The SMILES string of the molecule is CCCCCNC(=O)NC(=O)CCSSCC(=O)NC(=O)NCCCCC. The van der Waals surface area contributed by atoms with Crippen molar-refractivity contribution in [3.05, 3.63) is 0 Å². The van der Waals surface area contributed by atoms with E-state index in [2.05, 4.69) is 35.1 Å². The van der Waals surface area contributed by atoms with Crippen molar-refractivity contribution in [2.75, 3.05) is 24.6 Å². The zero-order chi connectivity index (χ0) is 20.3. The lowest BCUT2D eigenvalue weighted by molar-refractivity contribution is -0.119. The van der Waals surface area contributed by atoms with E-state index in [-0.39, 0.29) is 24.0 Å². The minimum absolute atomic E-state index is 0.118. The van der Waals surface area contributed by atoms with E-state index in [4.69, 9.17) is 0 Å². The topological polar surface area (TPSA) is 116 Å². The molecule has 0 rings (SSSR count).